The molecule has 0 bridgehead atoms. The van der Waals surface area contributed by atoms with Crippen LogP contribution >= 0.6 is 0 Å². The summed E-state index contributed by atoms with van der Waals surface area (Å²) in [4.78, 5) is 2.16. The van der Waals surface area contributed by atoms with Crippen LogP contribution in [0.5, 0.6) is 5.75 Å². The highest BCUT2D eigenvalue weighted by molar-refractivity contribution is 5.44. The number of rotatable bonds is 3. The zero-order valence-electron chi connectivity index (χ0n) is 13.4. The average molecular weight is 297 g/mol. The van der Waals surface area contributed by atoms with Gasteiger partial charge in [-0.2, -0.15) is 0 Å². The molecule has 2 aromatic carbocycles. The van der Waals surface area contributed by atoms with Crippen LogP contribution in [-0.2, 0) is 6.54 Å². The molecule has 1 aliphatic heterocycles. The molecule has 1 N–H and O–H groups in total. The lowest BCUT2D eigenvalue weighted by atomic mass is 9.94. The molecular weight excluding hydrogens is 274 g/mol. The van der Waals surface area contributed by atoms with E-state index in [1.807, 2.05) is 31.3 Å². The number of ether oxygens (including phenoxy) is 1. The summed E-state index contributed by atoms with van der Waals surface area (Å²) in [7, 11) is 2.04. The number of benzene rings is 2. The molecule has 0 aliphatic carbocycles. The van der Waals surface area contributed by atoms with Crippen LogP contribution in [0.4, 0.5) is 0 Å². The zero-order chi connectivity index (χ0) is 15.7. The minimum absolute atomic E-state index is 0.0326. The van der Waals surface area contributed by atoms with Crippen LogP contribution in [0.15, 0.2) is 42.5 Å². The van der Waals surface area contributed by atoms with Crippen LogP contribution in [-0.4, -0.2) is 29.7 Å². The molecule has 0 aromatic heterocycles. The van der Waals surface area contributed by atoms with Crippen molar-refractivity contribution in [1.29, 1.82) is 0 Å². The lowest BCUT2D eigenvalue weighted by molar-refractivity contribution is 0.0117. The summed E-state index contributed by atoms with van der Waals surface area (Å²) in [6.45, 7) is 5.45. The van der Waals surface area contributed by atoms with E-state index in [9.17, 15) is 5.11 Å². The number of fused-ring (bicyclic) bond motifs is 1. The second-order valence-corrected chi connectivity index (χ2v) is 6.20. The van der Waals surface area contributed by atoms with Gasteiger partial charge in [-0.1, -0.05) is 30.3 Å². The van der Waals surface area contributed by atoms with Crippen LogP contribution in [0.2, 0.25) is 0 Å². The van der Waals surface area contributed by atoms with E-state index in [4.69, 9.17) is 4.74 Å². The van der Waals surface area contributed by atoms with Gasteiger partial charge in [-0.05, 0) is 49.7 Å². The molecule has 22 heavy (non-hydrogen) atoms. The summed E-state index contributed by atoms with van der Waals surface area (Å²) >= 11 is 0. The number of aliphatic hydroxyl groups is 1. The second kappa shape index (κ2) is 6.11. The Balaban J connectivity index is 1.80. The molecule has 0 saturated heterocycles. The van der Waals surface area contributed by atoms with E-state index < -0.39 is 6.10 Å². The van der Waals surface area contributed by atoms with Crippen LogP contribution < -0.4 is 4.74 Å². The monoisotopic (exact) mass is 297 g/mol. The van der Waals surface area contributed by atoms with E-state index in [2.05, 4.69) is 36.9 Å². The SMILES string of the molecule is Cc1cc2c(cc1C)C(O)C(N(C)Cc1ccccc1)CO2. The fourth-order valence-corrected chi connectivity index (χ4v) is 3.00. The van der Waals surface area contributed by atoms with Gasteiger partial charge in [-0.3, -0.25) is 4.90 Å². The molecule has 0 radical (unpaired) electrons. The van der Waals surface area contributed by atoms with Crippen molar-refractivity contribution in [3.05, 3.63) is 64.7 Å². The Kier molecular flexibility index (Phi) is 4.19. The van der Waals surface area contributed by atoms with Crippen LogP contribution in [0.1, 0.15) is 28.4 Å². The van der Waals surface area contributed by atoms with Gasteiger partial charge >= 0.3 is 0 Å². The Labute approximate surface area is 132 Å². The van der Waals surface area contributed by atoms with Crippen molar-refractivity contribution in [3.63, 3.8) is 0 Å². The van der Waals surface area contributed by atoms with Crippen molar-refractivity contribution in [1.82, 2.24) is 4.90 Å². The molecular formula is C19H23NO2. The molecule has 3 heteroatoms. The standard InChI is InChI=1S/C19H23NO2/c1-13-9-16-18(10-14(13)2)22-12-17(19(16)21)20(3)11-15-7-5-4-6-8-15/h4-10,17,19,21H,11-12H2,1-3H3. The molecule has 3 rings (SSSR count). The predicted molar refractivity (Wildman–Crippen MR) is 88.1 cm³/mol. The zero-order valence-corrected chi connectivity index (χ0v) is 13.4. The third-order valence-electron chi connectivity index (χ3n) is 4.56. The van der Waals surface area contributed by atoms with Gasteiger partial charge in [0.2, 0.25) is 0 Å². The van der Waals surface area contributed by atoms with Crippen molar-refractivity contribution in [2.45, 2.75) is 32.5 Å². The summed E-state index contributed by atoms with van der Waals surface area (Å²) in [6.07, 6.45) is -0.517. The number of aryl methyl sites for hydroxylation is 2. The first-order chi connectivity index (χ1) is 10.6. The number of aliphatic hydroxyl groups excluding tert-OH is 1. The Morgan fingerprint density at radius 1 is 1.14 bits per heavy atom. The molecule has 2 unspecified atom stereocenters. The quantitative estimate of drug-likeness (QED) is 0.944. The molecule has 0 spiro atoms. The maximum absolute atomic E-state index is 10.8. The van der Waals surface area contributed by atoms with E-state index in [1.165, 1.54) is 16.7 Å². The van der Waals surface area contributed by atoms with Gasteiger partial charge < -0.3 is 9.84 Å². The molecule has 1 aliphatic rings. The number of hydrogen-bond acceptors (Lipinski definition) is 3. The smallest absolute Gasteiger partial charge is 0.125 e. The highest BCUT2D eigenvalue weighted by atomic mass is 16.5. The van der Waals surface area contributed by atoms with Crippen molar-refractivity contribution in [3.8, 4) is 5.75 Å². The molecule has 0 fully saturated rings. The first-order valence-electron chi connectivity index (χ1n) is 7.72. The van der Waals surface area contributed by atoms with Crippen molar-refractivity contribution in [2.75, 3.05) is 13.7 Å². The molecule has 3 nitrogen and oxygen atoms in total. The Bertz CT molecular complexity index is 654. The summed E-state index contributed by atoms with van der Waals surface area (Å²) in [5.74, 6) is 0.819. The Morgan fingerprint density at radius 3 is 2.55 bits per heavy atom. The van der Waals surface area contributed by atoms with Crippen LogP contribution in [0.25, 0.3) is 0 Å². The topological polar surface area (TPSA) is 32.7 Å². The van der Waals surface area contributed by atoms with Crippen molar-refractivity contribution < 1.29 is 9.84 Å². The summed E-state index contributed by atoms with van der Waals surface area (Å²) in [6, 6.07) is 14.4. The van der Waals surface area contributed by atoms with Gasteiger partial charge in [-0.25, -0.2) is 0 Å². The fourth-order valence-electron chi connectivity index (χ4n) is 3.00. The molecule has 0 saturated carbocycles. The van der Waals surface area contributed by atoms with E-state index >= 15 is 0 Å². The van der Waals surface area contributed by atoms with E-state index in [-0.39, 0.29) is 6.04 Å². The van der Waals surface area contributed by atoms with Gasteiger partial charge in [-0.15, -0.1) is 0 Å². The highest BCUT2D eigenvalue weighted by Crippen LogP contribution is 2.36. The van der Waals surface area contributed by atoms with Gasteiger partial charge in [0.25, 0.3) is 0 Å². The lowest BCUT2D eigenvalue weighted by Crippen LogP contribution is -2.43. The first kappa shape index (κ1) is 15.1. The maximum atomic E-state index is 10.8. The molecule has 116 valence electrons. The van der Waals surface area contributed by atoms with Gasteiger partial charge in [0, 0.05) is 12.1 Å². The van der Waals surface area contributed by atoms with E-state index in [0.29, 0.717) is 6.61 Å². The number of nitrogens with zero attached hydrogens (tertiary/aromatic N) is 1. The normalized spacial score (nSPS) is 20.6. The van der Waals surface area contributed by atoms with Crippen LogP contribution in [0.3, 0.4) is 0 Å². The Morgan fingerprint density at radius 2 is 1.82 bits per heavy atom. The fraction of sp³-hybridized carbons (Fsp3) is 0.368. The largest absolute Gasteiger partial charge is 0.491 e. The van der Waals surface area contributed by atoms with Crippen molar-refractivity contribution in [2.24, 2.45) is 0 Å². The molecule has 2 atom stereocenters. The van der Waals surface area contributed by atoms with E-state index in [1.54, 1.807) is 0 Å². The predicted octanol–water partition coefficient (Wildman–Crippen LogP) is 3.23. The highest BCUT2D eigenvalue weighted by Gasteiger charge is 2.32. The number of likely N-dealkylation sites (N-methyl/N-ethyl adjacent to an activating group) is 1. The third kappa shape index (κ3) is 2.87. The van der Waals surface area contributed by atoms with Crippen molar-refractivity contribution >= 4 is 0 Å². The van der Waals surface area contributed by atoms with E-state index in [0.717, 1.165) is 17.9 Å². The van der Waals surface area contributed by atoms with Gasteiger partial charge in [0.05, 0.1) is 6.04 Å². The minimum Gasteiger partial charge on any atom is -0.491 e. The maximum Gasteiger partial charge on any atom is 0.125 e. The Hall–Kier alpha value is -1.84. The van der Waals surface area contributed by atoms with Gasteiger partial charge in [0.1, 0.15) is 18.5 Å². The van der Waals surface area contributed by atoms with Gasteiger partial charge in [0.15, 0.2) is 0 Å². The molecule has 2 aromatic rings. The lowest BCUT2D eigenvalue weighted by Gasteiger charge is -2.36. The second-order valence-electron chi connectivity index (χ2n) is 6.20. The molecule has 1 heterocycles. The number of hydrogen-bond donors (Lipinski definition) is 1. The summed E-state index contributed by atoms with van der Waals surface area (Å²) in [5.41, 5.74) is 4.53. The molecule has 0 amide bonds. The van der Waals surface area contributed by atoms with Crippen LogP contribution in [0, 0.1) is 13.8 Å². The summed E-state index contributed by atoms with van der Waals surface area (Å²) < 4.78 is 5.90. The minimum atomic E-state index is -0.517. The summed E-state index contributed by atoms with van der Waals surface area (Å²) in [5, 5.41) is 10.8. The average Bonchev–Trinajstić information content (AvgIpc) is 2.50. The first-order valence-corrected chi connectivity index (χ1v) is 7.72. The third-order valence-corrected chi connectivity index (χ3v) is 4.56.